The van der Waals surface area contributed by atoms with Gasteiger partial charge in [-0.2, -0.15) is 13.2 Å². The maximum atomic E-state index is 13.0. The number of nitrogens with one attached hydrogen (secondary N) is 2. The van der Waals surface area contributed by atoms with Gasteiger partial charge in [0.1, 0.15) is 11.6 Å². The molecule has 158 valence electrons. The number of fused-ring (bicyclic) bond motifs is 1. The number of alkyl halides is 3. The van der Waals surface area contributed by atoms with Crippen LogP contribution in [0.2, 0.25) is 0 Å². The molecular formula is C19H31F3N6. The number of aromatic nitrogens is 3. The van der Waals surface area contributed by atoms with Gasteiger partial charge in [-0.3, -0.25) is 4.99 Å². The minimum atomic E-state index is -4.10. The van der Waals surface area contributed by atoms with Crippen molar-refractivity contribution in [1.82, 2.24) is 25.4 Å². The summed E-state index contributed by atoms with van der Waals surface area (Å²) in [5.41, 5.74) is 0. The second kappa shape index (κ2) is 9.60. The zero-order chi connectivity index (χ0) is 20.0. The first kappa shape index (κ1) is 20.9. The molecule has 1 saturated carbocycles. The van der Waals surface area contributed by atoms with Crippen LogP contribution in [0.3, 0.4) is 0 Å². The SMILES string of the molecule is CN=C(NCCCc1nnc2n1CCCCC2)NC1CCCC(C(F)(F)F)C1. The average molecular weight is 400 g/mol. The number of halogens is 3. The van der Waals surface area contributed by atoms with Gasteiger partial charge in [0.15, 0.2) is 5.96 Å². The summed E-state index contributed by atoms with van der Waals surface area (Å²) in [6.45, 7) is 1.69. The Balaban J connectivity index is 1.42. The van der Waals surface area contributed by atoms with Crippen LogP contribution in [0.25, 0.3) is 0 Å². The summed E-state index contributed by atoms with van der Waals surface area (Å²) in [5.74, 6) is 1.49. The molecule has 0 bridgehead atoms. The Morgan fingerprint density at radius 3 is 2.82 bits per heavy atom. The van der Waals surface area contributed by atoms with Crippen molar-refractivity contribution in [2.24, 2.45) is 10.9 Å². The van der Waals surface area contributed by atoms with Crippen molar-refractivity contribution in [2.75, 3.05) is 13.6 Å². The zero-order valence-corrected chi connectivity index (χ0v) is 16.6. The highest BCUT2D eigenvalue weighted by atomic mass is 19.4. The quantitative estimate of drug-likeness (QED) is 0.452. The van der Waals surface area contributed by atoms with Gasteiger partial charge in [0, 0.05) is 39.0 Å². The number of nitrogens with zero attached hydrogens (tertiary/aromatic N) is 4. The third kappa shape index (κ3) is 5.61. The molecule has 0 radical (unpaired) electrons. The third-order valence-electron chi connectivity index (χ3n) is 5.76. The molecule has 1 aliphatic carbocycles. The first-order chi connectivity index (χ1) is 13.5. The number of aliphatic imine (C=N–C) groups is 1. The smallest absolute Gasteiger partial charge is 0.356 e. The van der Waals surface area contributed by atoms with E-state index < -0.39 is 12.1 Å². The molecule has 1 fully saturated rings. The molecule has 2 atom stereocenters. The Morgan fingerprint density at radius 2 is 2.04 bits per heavy atom. The molecule has 0 spiro atoms. The van der Waals surface area contributed by atoms with E-state index in [1.54, 1.807) is 7.05 Å². The molecule has 1 aliphatic heterocycles. The van der Waals surface area contributed by atoms with Crippen molar-refractivity contribution in [3.63, 3.8) is 0 Å². The molecule has 2 heterocycles. The standard InChI is InChI=1S/C19H31F3N6/c1-23-18(25-15-8-5-7-14(13-15)19(20,21)22)24-11-6-10-17-27-26-16-9-3-2-4-12-28(16)17/h14-15H,2-13H2,1H3,(H2,23,24,25). The van der Waals surface area contributed by atoms with Crippen LogP contribution < -0.4 is 10.6 Å². The van der Waals surface area contributed by atoms with E-state index in [9.17, 15) is 13.2 Å². The summed E-state index contributed by atoms with van der Waals surface area (Å²) in [7, 11) is 1.65. The largest absolute Gasteiger partial charge is 0.391 e. The lowest BCUT2D eigenvalue weighted by atomic mass is 9.85. The number of guanidine groups is 1. The average Bonchev–Trinajstić information content (AvgIpc) is 2.90. The Labute approximate surface area is 164 Å². The molecule has 6 nitrogen and oxygen atoms in total. The molecule has 28 heavy (non-hydrogen) atoms. The first-order valence-corrected chi connectivity index (χ1v) is 10.4. The number of rotatable bonds is 5. The van der Waals surface area contributed by atoms with E-state index in [2.05, 4.69) is 30.4 Å². The van der Waals surface area contributed by atoms with Gasteiger partial charge in [0.05, 0.1) is 5.92 Å². The molecule has 3 rings (SSSR count). The minimum absolute atomic E-state index is 0.121. The fourth-order valence-corrected chi connectivity index (χ4v) is 4.19. The lowest BCUT2D eigenvalue weighted by Crippen LogP contribution is -2.47. The molecule has 0 aromatic carbocycles. The Morgan fingerprint density at radius 1 is 1.18 bits per heavy atom. The number of aryl methyl sites for hydroxylation is 2. The Kier molecular flexibility index (Phi) is 7.18. The molecule has 0 saturated heterocycles. The van der Waals surface area contributed by atoms with Crippen LogP contribution in [0.15, 0.2) is 4.99 Å². The molecule has 2 unspecified atom stereocenters. The van der Waals surface area contributed by atoms with Crippen LogP contribution in [0.1, 0.15) is 63.0 Å². The molecule has 1 aromatic heterocycles. The van der Waals surface area contributed by atoms with E-state index in [0.29, 0.717) is 18.9 Å². The normalized spacial score (nSPS) is 23.8. The highest BCUT2D eigenvalue weighted by Crippen LogP contribution is 2.37. The maximum Gasteiger partial charge on any atom is 0.391 e. The van der Waals surface area contributed by atoms with E-state index in [0.717, 1.165) is 43.9 Å². The fourth-order valence-electron chi connectivity index (χ4n) is 4.19. The summed E-state index contributed by atoms with van der Waals surface area (Å²) >= 11 is 0. The zero-order valence-electron chi connectivity index (χ0n) is 16.6. The molecule has 2 aliphatic rings. The Bertz CT molecular complexity index is 655. The van der Waals surface area contributed by atoms with Crippen LogP contribution in [-0.4, -0.2) is 46.5 Å². The van der Waals surface area contributed by atoms with Crippen LogP contribution in [0, 0.1) is 5.92 Å². The number of hydrogen-bond acceptors (Lipinski definition) is 3. The van der Waals surface area contributed by atoms with E-state index in [1.807, 2.05) is 0 Å². The van der Waals surface area contributed by atoms with Crippen LogP contribution >= 0.6 is 0 Å². The molecular weight excluding hydrogens is 369 g/mol. The summed E-state index contributed by atoms with van der Waals surface area (Å²) < 4.78 is 41.2. The minimum Gasteiger partial charge on any atom is -0.356 e. The molecule has 1 aromatic rings. The third-order valence-corrected chi connectivity index (χ3v) is 5.76. The lowest BCUT2D eigenvalue weighted by molar-refractivity contribution is -0.183. The van der Waals surface area contributed by atoms with Crippen molar-refractivity contribution in [2.45, 2.75) is 83.0 Å². The summed E-state index contributed by atoms with van der Waals surface area (Å²) in [4.78, 5) is 4.17. The maximum absolute atomic E-state index is 13.0. The lowest BCUT2D eigenvalue weighted by Gasteiger charge is -2.31. The highest BCUT2D eigenvalue weighted by molar-refractivity contribution is 5.79. The first-order valence-electron chi connectivity index (χ1n) is 10.4. The van der Waals surface area contributed by atoms with E-state index in [1.165, 1.54) is 19.3 Å². The summed E-state index contributed by atoms with van der Waals surface area (Å²) in [6, 6.07) is -0.182. The van der Waals surface area contributed by atoms with Gasteiger partial charge in [-0.15, -0.1) is 10.2 Å². The predicted octanol–water partition coefficient (Wildman–Crippen LogP) is 3.22. The summed E-state index contributed by atoms with van der Waals surface area (Å²) in [6.07, 6.45) is 3.89. The van der Waals surface area contributed by atoms with Crippen molar-refractivity contribution >= 4 is 5.96 Å². The monoisotopic (exact) mass is 400 g/mol. The predicted molar refractivity (Wildman–Crippen MR) is 102 cm³/mol. The van der Waals surface area contributed by atoms with E-state index >= 15 is 0 Å². The van der Waals surface area contributed by atoms with Gasteiger partial charge in [0.25, 0.3) is 0 Å². The van der Waals surface area contributed by atoms with E-state index in [-0.39, 0.29) is 18.9 Å². The van der Waals surface area contributed by atoms with Crippen molar-refractivity contribution in [3.8, 4) is 0 Å². The second-order valence-corrected chi connectivity index (χ2v) is 7.84. The van der Waals surface area contributed by atoms with E-state index in [4.69, 9.17) is 0 Å². The molecule has 2 N–H and O–H groups in total. The van der Waals surface area contributed by atoms with Crippen molar-refractivity contribution in [1.29, 1.82) is 0 Å². The van der Waals surface area contributed by atoms with Crippen molar-refractivity contribution in [3.05, 3.63) is 11.6 Å². The van der Waals surface area contributed by atoms with Gasteiger partial charge < -0.3 is 15.2 Å². The van der Waals surface area contributed by atoms with Gasteiger partial charge in [0.2, 0.25) is 0 Å². The number of hydrogen-bond donors (Lipinski definition) is 2. The van der Waals surface area contributed by atoms with Gasteiger partial charge in [-0.1, -0.05) is 12.8 Å². The fraction of sp³-hybridized carbons (Fsp3) is 0.842. The van der Waals surface area contributed by atoms with Gasteiger partial charge in [-0.05, 0) is 38.5 Å². The highest BCUT2D eigenvalue weighted by Gasteiger charge is 2.42. The van der Waals surface area contributed by atoms with Crippen LogP contribution in [-0.2, 0) is 19.4 Å². The molecule has 9 heteroatoms. The van der Waals surface area contributed by atoms with Crippen LogP contribution in [0.5, 0.6) is 0 Å². The second-order valence-electron chi connectivity index (χ2n) is 7.84. The Hall–Kier alpha value is -1.80. The van der Waals surface area contributed by atoms with Gasteiger partial charge >= 0.3 is 6.18 Å². The van der Waals surface area contributed by atoms with Gasteiger partial charge in [-0.25, -0.2) is 0 Å². The van der Waals surface area contributed by atoms with Crippen LogP contribution in [0.4, 0.5) is 13.2 Å². The van der Waals surface area contributed by atoms with Crippen molar-refractivity contribution < 1.29 is 13.2 Å². The molecule has 0 amide bonds. The summed E-state index contributed by atoms with van der Waals surface area (Å²) in [5, 5.41) is 15.0. The topological polar surface area (TPSA) is 67.1 Å².